The summed E-state index contributed by atoms with van der Waals surface area (Å²) in [4.78, 5) is 26.8. The maximum Gasteiger partial charge on any atom is 0.231 e. The van der Waals surface area contributed by atoms with Crippen molar-refractivity contribution >= 4 is 17.4 Å². The van der Waals surface area contributed by atoms with Crippen LogP contribution in [0.15, 0.2) is 36.7 Å². The molecular weight excluding hydrogens is 400 g/mol. The normalized spacial score (nSPS) is 18.5. The predicted octanol–water partition coefficient (Wildman–Crippen LogP) is 3.78. The molecule has 2 aromatic heterocycles. The largest absolute Gasteiger partial charge is 0.356 e. The Morgan fingerprint density at radius 1 is 1.00 bits per heavy atom. The number of carbonyl (C=O) groups is 1. The smallest absolute Gasteiger partial charge is 0.231 e. The van der Waals surface area contributed by atoms with Crippen LogP contribution in [0.2, 0.25) is 0 Å². The summed E-state index contributed by atoms with van der Waals surface area (Å²) in [6.45, 7) is 8.50. The molecule has 0 N–H and O–H groups in total. The Kier molecular flexibility index (Phi) is 5.41. The van der Waals surface area contributed by atoms with Crippen molar-refractivity contribution < 1.29 is 4.79 Å². The van der Waals surface area contributed by atoms with E-state index in [2.05, 4.69) is 45.1 Å². The van der Waals surface area contributed by atoms with Crippen molar-refractivity contribution in [2.75, 3.05) is 29.4 Å². The van der Waals surface area contributed by atoms with Gasteiger partial charge in [0.2, 0.25) is 5.91 Å². The summed E-state index contributed by atoms with van der Waals surface area (Å²) in [6, 6.07) is 10.5. The third-order valence-corrected chi connectivity index (χ3v) is 6.58. The molecule has 2 aliphatic heterocycles. The molecule has 0 saturated carbocycles. The van der Waals surface area contributed by atoms with Gasteiger partial charge in [0.1, 0.15) is 12.1 Å². The molecule has 32 heavy (non-hydrogen) atoms. The number of anilines is 2. The van der Waals surface area contributed by atoms with Crippen LogP contribution in [-0.4, -0.2) is 45.3 Å². The molecule has 1 saturated heterocycles. The number of amides is 1. The van der Waals surface area contributed by atoms with E-state index in [4.69, 9.17) is 0 Å². The van der Waals surface area contributed by atoms with E-state index in [1.165, 1.54) is 11.1 Å². The van der Waals surface area contributed by atoms with Gasteiger partial charge in [-0.15, -0.1) is 0 Å². The van der Waals surface area contributed by atoms with Crippen molar-refractivity contribution in [3.8, 4) is 5.82 Å². The first-order chi connectivity index (χ1) is 15.5. The topological polar surface area (TPSA) is 67.2 Å². The molecule has 0 spiro atoms. The molecule has 1 aromatic carbocycles. The Labute approximate surface area is 189 Å². The van der Waals surface area contributed by atoms with Gasteiger partial charge in [-0.05, 0) is 64.2 Å². The fourth-order valence-electron chi connectivity index (χ4n) is 5.05. The van der Waals surface area contributed by atoms with E-state index in [1.54, 1.807) is 6.33 Å². The molecule has 1 fully saturated rings. The van der Waals surface area contributed by atoms with Gasteiger partial charge in [0.25, 0.3) is 0 Å². The number of carbonyl (C=O) groups excluding carboxylic acids is 1. The maximum atomic E-state index is 13.6. The van der Waals surface area contributed by atoms with E-state index < -0.39 is 0 Å². The lowest BCUT2D eigenvalue weighted by atomic mass is 9.93. The van der Waals surface area contributed by atoms with E-state index in [9.17, 15) is 4.79 Å². The molecule has 0 radical (unpaired) electrons. The minimum atomic E-state index is -0.0249. The van der Waals surface area contributed by atoms with Crippen molar-refractivity contribution in [2.24, 2.45) is 5.92 Å². The van der Waals surface area contributed by atoms with Gasteiger partial charge in [-0.3, -0.25) is 4.79 Å². The first-order valence-corrected chi connectivity index (χ1v) is 11.5. The summed E-state index contributed by atoms with van der Waals surface area (Å²) in [5, 5.41) is 4.55. The zero-order valence-electron chi connectivity index (χ0n) is 19.1. The molecule has 5 rings (SSSR count). The Morgan fingerprint density at radius 2 is 1.84 bits per heavy atom. The van der Waals surface area contributed by atoms with Crippen LogP contribution in [0.25, 0.3) is 5.82 Å². The van der Waals surface area contributed by atoms with Crippen molar-refractivity contribution in [3.05, 3.63) is 59.2 Å². The highest BCUT2D eigenvalue weighted by Gasteiger charge is 2.32. The van der Waals surface area contributed by atoms with Crippen LogP contribution in [0.4, 0.5) is 11.5 Å². The van der Waals surface area contributed by atoms with E-state index in [0.29, 0.717) is 6.54 Å². The fourth-order valence-corrected chi connectivity index (χ4v) is 5.05. The number of benzene rings is 1. The maximum absolute atomic E-state index is 13.6. The monoisotopic (exact) mass is 430 g/mol. The number of hydrogen-bond donors (Lipinski definition) is 0. The Bertz CT molecular complexity index is 1150. The van der Waals surface area contributed by atoms with E-state index in [1.807, 2.05) is 35.6 Å². The highest BCUT2D eigenvalue weighted by molar-refractivity contribution is 5.96. The molecule has 3 aromatic rings. The summed E-state index contributed by atoms with van der Waals surface area (Å²) < 4.78 is 1.85. The number of piperidine rings is 1. The average Bonchev–Trinajstić information content (AvgIpc) is 3.16. The van der Waals surface area contributed by atoms with Crippen molar-refractivity contribution in [2.45, 2.75) is 46.5 Å². The van der Waals surface area contributed by atoms with Crippen LogP contribution in [0.1, 0.15) is 41.8 Å². The van der Waals surface area contributed by atoms with Gasteiger partial charge in [0, 0.05) is 37.1 Å². The molecule has 0 bridgehead atoms. The highest BCUT2D eigenvalue weighted by atomic mass is 16.2. The summed E-state index contributed by atoms with van der Waals surface area (Å²) >= 11 is 0. The Morgan fingerprint density at radius 3 is 2.66 bits per heavy atom. The number of fused-ring (bicyclic) bond motifs is 1. The summed E-state index contributed by atoms with van der Waals surface area (Å²) in [5.74, 6) is 1.83. The van der Waals surface area contributed by atoms with Crippen LogP contribution < -0.4 is 9.80 Å². The zero-order chi connectivity index (χ0) is 22.2. The van der Waals surface area contributed by atoms with Gasteiger partial charge < -0.3 is 9.80 Å². The molecule has 4 heterocycles. The summed E-state index contributed by atoms with van der Waals surface area (Å²) in [7, 11) is 0. The Balaban J connectivity index is 1.36. The zero-order valence-corrected chi connectivity index (χ0v) is 19.1. The predicted molar refractivity (Wildman–Crippen MR) is 125 cm³/mol. The lowest BCUT2D eigenvalue weighted by Crippen LogP contribution is -2.46. The molecule has 2 aliphatic rings. The van der Waals surface area contributed by atoms with E-state index in [0.717, 1.165) is 67.5 Å². The minimum Gasteiger partial charge on any atom is -0.356 e. The second-order valence-electron chi connectivity index (χ2n) is 9.08. The molecule has 7 heteroatoms. The van der Waals surface area contributed by atoms with Crippen molar-refractivity contribution in [1.82, 2.24) is 19.7 Å². The molecule has 0 aliphatic carbocycles. The van der Waals surface area contributed by atoms with Gasteiger partial charge in [-0.1, -0.05) is 17.7 Å². The number of rotatable bonds is 3. The van der Waals surface area contributed by atoms with Crippen molar-refractivity contribution in [3.63, 3.8) is 0 Å². The number of hydrogen-bond acceptors (Lipinski definition) is 5. The third kappa shape index (κ3) is 3.87. The first kappa shape index (κ1) is 20.7. The van der Waals surface area contributed by atoms with Gasteiger partial charge in [-0.2, -0.15) is 5.10 Å². The quantitative estimate of drug-likeness (QED) is 0.633. The van der Waals surface area contributed by atoms with Crippen molar-refractivity contribution in [1.29, 1.82) is 0 Å². The number of nitrogens with zero attached hydrogens (tertiary/aromatic N) is 6. The molecule has 1 amide bonds. The average molecular weight is 431 g/mol. The lowest BCUT2D eigenvalue weighted by Gasteiger charge is -2.37. The third-order valence-electron chi connectivity index (χ3n) is 6.58. The standard InChI is InChI=1S/C25H30N6O/c1-17-8-9-22-20(12-17)6-5-11-30(22)25(32)21-7-4-10-29(15-21)23-14-24(27-16-26-23)31-19(3)13-18(2)28-31/h8-9,12-14,16,21H,4-7,10-11,15H2,1-3H3. The highest BCUT2D eigenvalue weighted by Crippen LogP contribution is 2.31. The van der Waals surface area contributed by atoms with Crippen LogP contribution in [0.3, 0.4) is 0 Å². The lowest BCUT2D eigenvalue weighted by molar-refractivity contribution is -0.122. The van der Waals surface area contributed by atoms with Crippen LogP contribution >= 0.6 is 0 Å². The van der Waals surface area contributed by atoms with Gasteiger partial charge in [0.15, 0.2) is 5.82 Å². The molecule has 7 nitrogen and oxygen atoms in total. The number of aromatic nitrogens is 4. The van der Waals surface area contributed by atoms with Crippen LogP contribution in [-0.2, 0) is 11.2 Å². The SMILES string of the molecule is Cc1ccc2c(c1)CCCN2C(=O)C1CCCN(c2cc(-n3nc(C)cc3C)ncn2)C1. The molecule has 166 valence electrons. The van der Waals surface area contributed by atoms with Gasteiger partial charge >= 0.3 is 0 Å². The van der Waals surface area contributed by atoms with Crippen LogP contribution in [0, 0.1) is 26.7 Å². The first-order valence-electron chi connectivity index (χ1n) is 11.5. The van der Waals surface area contributed by atoms with E-state index >= 15 is 0 Å². The molecular formula is C25H30N6O. The van der Waals surface area contributed by atoms with Gasteiger partial charge in [-0.25, -0.2) is 14.6 Å². The molecule has 1 atom stereocenters. The number of aryl methyl sites for hydroxylation is 4. The second kappa shape index (κ2) is 8.37. The fraction of sp³-hybridized carbons (Fsp3) is 0.440. The minimum absolute atomic E-state index is 0.0249. The Hall–Kier alpha value is -3.22. The van der Waals surface area contributed by atoms with Gasteiger partial charge in [0.05, 0.1) is 11.6 Å². The summed E-state index contributed by atoms with van der Waals surface area (Å²) in [6.07, 6.45) is 5.56. The second-order valence-corrected chi connectivity index (χ2v) is 9.08. The molecule has 1 unspecified atom stereocenters. The van der Waals surface area contributed by atoms with E-state index in [-0.39, 0.29) is 11.8 Å². The van der Waals surface area contributed by atoms with Crippen LogP contribution in [0.5, 0.6) is 0 Å². The summed E-state index contributed by atoms with van der Waals surface area (Å²) in [5.41, 5.74) is 5.64.